The Morgan fingerprint density at radius 1 is 0.912 bits per heavy atom. The van der Waals surface area contributed by atoms with Crippen LogP contribution in [-0.4, -0.2) is 35.6 Å². The van der Waals surface area contributed by atoms with Gasteiger partial charge < -0.3 is 10.2 Å². The van der Waals surface area contributed by atoms with E-state index in [4.69, 9.17) is 34.8 Å². The van der Waals surface area contributed by atoms with Crippen LogP contribution in [0.5, 0.6) is 0 Å². The van der Waals surface area contributed by atoms with Crippen LogP contribution in [0.25, 0.3) is 0 Å². The zero-order chi connectivity index (χ0) is 24.5. The fourth-order valence-electron chi connectivity index (χ4n) is 3.55. The number of hydrogen-bond donors (Lipinski definition) is 1. The van der Waals surface area contributed by atoms with Crippen molar-refractivity contribution in [1.82, 2.24) is 10.2 Å². The van der Waals surface area contributed by atoms with E-state index in [1.165, 1.54) is 11.8 Å². The van der Waals surface area contributed by atoms with E-state index in [2.05, 4.69) is 5.32 Å². The normalized spacial score (nSPS) is 11.6. The van der Waals surface area contributed by atoms with E-state index in [1.807, 2.05) is 48.5 Å². The molecule has 0 spiro atoms. The molecule has 0 unspecified atom stereocenters. The molecule has 2 amide bonds. The van der Waals surface area contributed by atoms with Crippen molar-refractivity contribution < 1.29 is 9.59 Å². The second-order valence-electron chi connectivity index (χ2n) is 7.66. The monoisotopic (exact) mass is 534 g/mol. The summed E-state index contributed by atoms with van der Waals surface area (Å²) in [5, 5.41) is 4.42. The second-order valence-corrected chi connectivity index (χ2v) is 9.90. The minimum Gasteiger partial charge on any atom is -0.357 e. The van der Waals surface area contributed by atoms with Crippen molar-refractivity contribution in [2.24, 2.45) is 0 Å². The lowest BCUT2D eigenvalue weighted by atomic mass is 10.0. The van der Waals surface area contributed by atoms with Gasteiger partial charge in [0, 0.05) is 40.8 Å². The van der Waals surface area contributed by atoms with Crippen LogP contribution in [0.2, 0.25) is 15.1 Å². The SMILES string of the molecule is CNC(=O)[C@H](Cc1ccccc1)N(Cc1cccc(Cl)c1)C(=O)CSCc1c(Cl)cccc1Cl. The summed E-state index contributed by atoms with van der Waals surface area (Å²) in [6, 6.07) is 21.6. The Hall–Kier alpha value is -2.18. The van der Waals surface area contributed by atoms with Crippen LogP contribution < -0.4 is 5.32 Å². The molecule has 3 rings (SSSR count). The summed E-state index contributed by atoms with van der Waals surface area (Å²) in [6.45, 7) is 0.262. The zero-order valence-electron chi connectivity index (χ0n) is 18.6. The molecule has 0 saturated heterocycles. The lowest BCUT2D eigenvalue weighted by Crippen LogP contribution is -2.50. The smallest absolute Gasteiger partial charge is 0.242 e. The highest BCUT2D eigenvalue weighted by atomic mass is 35.5. The molecule has 0 heterocycles. The average Bonchev–Trinajstić information content (AvgIpc) is 2.83. The largest absolute Gasteiger partial charge is 0.357 e. The predicted octanol–water partition coefficient (Wildman–Crippen LogP) is 6.27. The van der Waals surface area contributed by atoms with E-state index in [0.29, 0.717) is 27.2 Å². The minimum atomic E-state index is -0.677. The van der Waals surface area contributed by atoms with E-state index < -0.39 is 6.04 Å². The van der Waals surface area contributed by atoms with Gasteiger partial charge in [0.05, 0.1) is 5.75 Å². The molecule has 0 aromatic heterocycles. The molecule has 0 aliphatic rings. The van der Waals surface area contributed by atoms with Gasteiger partial charge in [-0.2, -0.15) is 0 Å². The number of likely N-dealkylation sites (N-methyl/N-ethyl adjacent to an activating group) is 1. The van der Waals surface area contributed by atoms with E-state index in [0.717, 1.165) is 16.7 Å². The number of halogens is 3. The summed E-state index contributed by atoms with van der Waals surface area (Å²) in [5.74, 6) is 0.277. The maximum absolute atomic E-state index is 13.5. The van der Waals surface area contributed by atoms with E-state index in [-0.39, 0.29) is 24.1 Å². The third-order valence-electron chi connectivity index (χ3n) is 5.29. The third kappa shape index (κ3) is 7.41. The highest BCUT2D eigenvalue weighted by Crippen LogP contribution is 2.28. The molecule has 0 radical (unpaired) electrons. The molecule has 1 N–H and O–H groups in total. The maximum Gasteiger partial charge on any atom is 0.242 e. The van der Waals surface area contributed by atoms with Crippen molar-refractivity contribution in [3.05, 3.63) is 105 Å². The van der Waals surface area contributed by atoms with Crippen molar-refractivity contribution in [3.63, 3.8) is 0 Å². The molecule has 0 fully saturated rings. The molecule has 0 aliphatic carbocycles. The standard InChI is InChI=1S/C26H25Cl3N2O2S/c1-30-26(33)24(14-18-7-3-2-4-8-18)31(15-19-9-5-10-20(27)13-19)25(32)17-34-16-21-22(28)11-6-12-23(21)29/h2-13,24H,14-17H2,1H3,(H,30,33)/t24-/m0/s1. The second kappa shape index (κ2) is 13.1. The zero-order valence-corrected chi connectivity index (χ0v) is 21.7. The Bertz CT molecular complexity index is 1110. The van der Waals surface area contributed by atoms with E-state index >= 15 is 0 Å². The van der Waals surface area contributed by atoms with Crippen LogP contribution in [0.15, 0.2) is 72.8 Å². The highest BCUT2D eigenvalue weighted by molar-refractivity contribution is 7.99. The molecule has 3 aromatic rings. The predicted molar refractivity (Wildman–Crippen MR) is 143 cm³/mol. The van der Waals surface area contributed by atoms with Crippen molar-refractivity contribution in [2.75, 3.05) is 12.8 Å². The van der Waals surface area contributed by atoms with Gasteiger partial charge in [0.25, 0.3) is 0 Å². The first-order chi connectivity index (χ1) is 16.4. The lowest BCUT2D eigenvalue weighted by Gasteiger charge is -2.31. The van der Waals surface area contributed by atoms with Crippen molar-refractivity contribution in [3.8, 4) is 0 Å². The Balaban J connectivity index is 1.83. The fraction of sp³-hybridized carbons (Fsp3) is 0.231. The van der Waals surface area contributed by atoms with Crippen LogP contribution in [0.1, 0.15) is 16.7 Å². The molecule has 8 heteroatoms. The van der Waals surface area contributed by atoms with E-state index in [9.17, 15) is 9.59 Å². The minimum absolute atomic E-state index is 0.155. The number of amides is 2. The number of rotatable bonds is 10. The maximum atomic E-state index is 13.5. The van der Waals surface area contributed by atoms with Gasteiger partial charge in [-0.05, 0) is 41.0 Å². The first kappa shape index (κ1) is 26.4. The van der Waals surface area contributed by atoms with Crippen LogP contribution in [0.3, 0.4) is 0 Å². The van der Waals surface area contributed by atoms with Crippen LogP contribution in [0.4, 0.5) is 0 Å². The number of benzene rings is 3. The Labute approximate surface area is 219 Å². The molecule has 0 saturated carbocycles. The van der Waals surface area contributed by atoms with Gasteiger partial charge >= 0.3 is 0 Å². The van der Waals surface area contributed by atoms with Gasteiger partial charge in [-0.15, -0.1) is 11.8 Å². The molecule has 4 nitrogen and oxygen atoms in total. The molecule has 34 heavy (non-hydrogen) atoms. The molecule has 178 valence electrons. The first-order valence-electron chi connectivity index (χ1n) is 10.7. The number of thioether (sulfide) groups is 1. The van der Waals surface area contributed by atoms with Crippen LogP contribution in [-0.2, 0) is 28.3 Å². The van der Waals surface area contributed by atoms with Gasteiger partial charge in [0.2, 0.25) is 11.8 Å². The molecular formula is C26H25Cl3N2O2S. The molecule has 0 bridgehead atoms. The Morgan fingerprint density at radius 2 is 1.56 bits per heavy atom. The quantitative estimate of drug-likeness (QED) is 0.333. The van der Waals surface area contributed by atoms with Crippen LogP contribution in [0, 0.1) is 0 Å². The average molecular weight is 536 g/mol. The van der Waals surface area contributed by atoms with Gasteiger partial charge in [0.1, 0.15) is 6.04 Å². The van der Waals surface area contributed by atoms with Crippen molar-refractivity contribution in [1.29, 1.82) is 0 Å². The van der Waals surface area contributed by atoms with Gasteiger partial charge in [-0.3, -0.25) is 9.59 Å². The summed E-state index contributed by atoms with van der Waals surface area (Å²) < 4.78 is 0. The van der Waals surface area contributed by atoms with Crippen LogP contribution >= 0.6 is 46.6 Å². The van der Waals surface area contributed by atoms with Crippen molar-refractivity contribution in [2.45, 2.75) is 24.8 Å². The number of nitrogens with one attached hydrogen (secondary N) is 1. The number of hydrogen-bond acceptors (Lipinski definition) is 3. The Kier molecular flexibility index (Phi) is 10.1. The Morgan fingerprint density at radius 3 is 2.21 bits per heavy atom. The summed E-state index contributed by atoms with van der Waals surface area (Å²) in [4.78, 5) is 28.0. The lowest BCUT2D eigenvalue weighted by molar-refractivity contribution is -0.139. The number of nitrogens with zero attached hydrogens (tertiary/aromatic N) is 1. The summed E-state index contributed by atoms with van der Waals surface area (Å²) in [7, 11) is 1.58. The molecular weight excluding hydrogens is 511 g/mol. The topological polar surface area (TPSA) is 49.4 Å². The van der Waals surface area contributed by atoms with Gasteiger partial charge in [-0.1, -0.05) is 83.3 Å². The molecule has 1 atom stereocenters. The molecule has 3 aromatic carbocycles. The number of carbonyl (C=O) groups excluding carboxylic acids is 2. The summed E-state index contributed by atoms with van der Waals surface area (Å²) in [6.07, 6.45) is 0.397. The summed E-state index contributed by atoms with van der Waals surface area (Å²) in [5.41, 5.74) is 2.61. The van der Waals surface area contributed by atoms with E-state index in [1.54, 1.807) is 36.2 Å². The molecule has 0 aliphatic heterocycles. The van der Waals surface area contributed by atoms with Gasteiger partial charge in [0.15, 0.2) is 0 Å². The highest BCUT2D eigenvalue weighted by Gasteiger charge is 2.29. The first-order valence-corrected chi connectivity index (χ1v) is 13.0. The third-order valence-corrected chi connectivity index (χ3v) is 7.18. The van der Waals surface area contributed by atoms with Gasteiger partial charge in [-0.25, -0.2) is 0 Å². The summed E-state index contributed by atoms with van der Waals surface area (Å²) >= 11 is 20.1. The fourth-order valence-corrected chi connectivity index (χ4v) is 5.41. The van der Waals surface area contributed by atoms with Crippen molar-refractivity contribution >= 4 is 58.4 Å². The number of carbonyl (C=O) groups is 2.